The van der Waals surface area contributed by atoms with E-state index >= 15 is 0 Å². The molecule has 150 valence electrons. The van der Waals surface area contributed by atoms with Gasteiger partial charge in [-0.25, -0.2) is 0 Å². The molecule has 1 atom stereocenters. The summed E-state index contributed by atoms with van der Waals surface area (Å²) in [5, 5.41) is 2.57. The van der Waals surface area contributed by atoms with Crippen molar-refractivity contribution in [2.45, 2.75) is 25.1 Å². The molecule has 1 N–H and O–H groups in total. The van der Waals surface area contributed by atoms with Crippen molar-refractivity contribution in [3.05, 3.63) is 54.1 Å². The highest BCUT2D eigenvalue weighted by atomic mass is 19.4. The van der Waals surface area contributed by atoms with Gasteiger partial charge in [0.25, 0.3) is 5.91 Å². The van der Waals surface area contributed by atoms with E-state index in [0.717, 1.165) is 19.4 Å². The van der Waals surface area contributed by atoms with Crippen molar-refractivity contribution in [3.63, 3.8) is 0 Å². The molecule has 1 amide bonds. The topological polar surface area (TPSA) is 56.8 Å². The van der Waals surface area contributed by atoms with E-state index in [-0.39, 0.29) is 17.5 Å². The number of hydrogen-bond donors (Lipinski definition) is 1. The highest BCUT2D eigenvalue weighted by Gasteiger charge is 2.29. The molecule has 1 saturated heterocycles. The Balaban J connectivity index is 1.58. The summed E-state index contributed by atoms with van der Waals surface area (Å²) in [6, 6.07) is 12.5. The largest absolute Gasteiger partial charge is 0.491 e. The number of nitrogens with one attached hydrogen (secondary N) is 1. The summed E-state index contributed by atoms with van der Waals surface area (Å²) in [5.74, 6) is 0.0967. The third-order valence-corrected chi connectivity index (χ3v) is 4.10. The lowest BCUT2D eigenvalue weighted by molar-refractivity contribution is -0.153. The van der Waals surface area contributed by atoms with Crippen LogP contribution in [0.15, 0.2) is 48.5 Å². The molecular weight excluding hydrogens is 375 g/mol. The van der Waals surface area contributed by atoms with E-state index in [1.54, 1.807) is 30.3 Å². The smallest absolute Gasteiger partial charge is 0.422 e. The first kappa shape index (κ1) is 20.0. The van der Waals surface area contributed by atoms with Gasteiger partial charge in [-0.3, -0.25) is 4.79 Å². The summed E-state index contributed by atoms with van der Waals surface area (Å²) in [4.78, 5) is 12.4. The molecule has 28 heavy (non-hydrogen) atoms. The lowest BCUT2D eigenvalue weighted by Crippen LogP contribution is -2.20. The highest BCUT2D eigenvalue weighted by Crippen LogP contribution is 2.27. The van der Waals surface area contributed by atoms with E-state index in [4.69, 9.17) is 14.2 Å². The van der Waals surface area contributed by atoms with Gasteiger partial charge < -0.3 is 19.5 Å². The van der Waals surface area contributed by atoms with Crippen LogP contribution < -0.4 is 14.8 Å². The fourth-order valence-electron chi connectivity index (χ4n) is 2.72. The van der Waals surface area contributed by atoms with Crippen LogP contribution >= 0.6 is 0 Å². The van der Waals surface area contributed by atoms with E-state index in [9.17, 15) is 18.0 Å². The van der Waals surface area contributed by atoms with Gasteiger partial charge in [0, 0.05) is 12.2 Å². The fraction of sp³-hybridized carbons (Fsp3) is 0.350. The van der Waals surface area contributed by atoms with E-state index in [2.05, 4.69) is 5.32 Å². The minimum absolute atomic E-state index is 0.0512. The average Bonchev–Trinajstić information content (AvgIpc) is 3.19. The molecule has 8 heteroatoms. The maximum absolute atomic E-state index is 12.4. The summed E-state index contributed by atoms with van der Waals surface area (Å²) in [7, 11) is 0. The normalized spacial score (nSPS) is 16.6. The predicted molar refractivity (Wildman–Crippen MR) is 96.9 cm³/mol. The molecule has 0 aliphatic carbocycles. The molecule has 0 spiro atoms. The second-order valence-corrected chi connectivity index (χ2v) is 6.32. The Bertz CT molecular complexity index is 787. The van der Waals surface area contributed by atoms with Crippen molar-refractivity contribution < 1.29 is 32.2 Å². The third-order valence-electron chi connectivity index (χ3n) is 4.10. The van der Waals surface area contributed by atoms with Gasteiger partial charge in [0.05, 0.1) is 11.8 Å². The molecule has 1 aliphatic heterocycles. The van der Waals surface area contributed by atoms with Crippen LogP contribution in [0.3, 0.4) is 0 Å². The number of para-hydroxylation sites is 2. The van der Waals surface area contributed by atoms with Gasteiger partial charge in [-0.15, -0.1) is 0 Å². The Morgan fingerprint density at radius 2 is 1.86 bits per heavy atom. The van der Waals surface area contributed by atoms with Gasteiger partial charge >= 0.3 is 6.18 Å². The molecule has 5 nitrogen and oxygen atoms in total. The van der Waals surface area contributed by atoms with Gasteiger partial charge in [0.2, 0.25) is 0 Å². The molecule has 1 aliphatic rings. The number of benzene rings is 2. The van der Waals surface area contributed by atoms with E-state index < -0.39 is 18.7 Å². The Morgan fingerprint density at radius 1 is 1.11 bits per heavy atom. The second-order valence-electron chi connectivity index (χ2n) is 6.32. The number of anilines is 1. The maximum atomic E-state index is 12.4. The standard InChI is InChI=1S/C20H20F3NO4/c21-20(22,23)13-28-18-6-2-1-5-17(18)24-19(25)14-7-9-15(10-8-14)27-12-16-4-3-11-26-16/h1-2,5-10,16H,3-4,11-13H2,(H,24,25). The van der Waals surface area contributed by atoms with Crippen LogP contribution in [0, 0.1) is 0 Å². The Labute approximate surface area is 160 Å². The molecular formula is C20H20F3NO4. The maximum Gasteiger partial charge on any atom is 0.422 e. The summed E-state index contributed by atoms with van der Waals surface area (Å²) in [5.41, 5.74) is 0.505. The second kappa shape index (κ2) is 8.97. The lowest BCUT2D eigenvalue weighted by atomic mass is 10.2. The molecule has 1 heterocycles. The van der Waals surface area contributed by atoms with Crippen molar-refractivity contribution in [2.75, 3.05) is 25.1 Å². The SMILES string of the molecule is O=C(Nc1ccccc1OCC(F)(F)F)c1ccc(OCC2CCCO2)cc1. The van der Waals surface area contributed by atoms with Crippen LogP contribution in [0.1, 0.15) is 23.2 Å². The van der Waals surface area contributed by atoms with Crippen molar-refractivity contribution in [2.24, 2.45) is 0 Å². The zero-order chi connectivity index (χ0) is 20.0. The van der Waals surface area contributed by atoms with Crippen LogP contribution in [0.2, 0.25) is 0 Å². The number of carbonyl (C=O) groups excluding carboxylic acids is 1. The molecule has 0 aromatic heterocycles. The monoisotopic (exact) mass is 395 g/mol. The molecule has 2 aromatic carbocycles. The van der Waals surface area contributed by atoms with Gasteiger partial charge in [0.1, 0.15) is 18.1 Å². The Hall–Kier alpha value is -2.74. The van der Waals surface area contributed by atoms with Crippen LogP contribution in [0.5, 0.6) is 11.5 Å². The zero-order valence-electron chi connectivity index (χ0n) is 15.0. The minimum atomic E-state index is -4.46. The van der Waals surface area contributed by atoms with Crippen LogP contribution in [0.25, 0.3) is 0 Å². The van der Waals surface area contributed by atoms with Crippen molar-refractivity contribution in [1.29, 1.82) is 0 Å². The minimum Gasteiger partial charge on any atom is -0.491 e. The van der Waals surface area contributed by atoms with Gasteiger partial charge in [-0.2, -0.15) is 13.2 Å². The molecule has 1 unspecified atom stereocenters. The Kier molecular flexibility index (Phi) is 6.41. The molecule has 1 fully saturated rings. The number of rotatable bonds is 7. The van der Waals surface area contributed by atoms with Crippen molar-refractivity contribution in [1.82, 2.24) is 0 Å². The van der Waals surface area contributed by atoms with E-state index in [1.807, 2.05) is 0 Å². The fourth-order valence-corrected chi connectivity index (χ4v) is 2.72. The van der Waals surface area contributed by atoms with Gasteiger partial charge in [0.15, 0.2) is 6.61 Å². The first-order valence-electron chi connectivity index (χ1n) is 8.85. The molecule has 0 saturated carbocycles. The van der Waals surface area contributed by atoms with Crippen LogP contribution in [0.4, 0.5) is 18.9 Å². The third kappa shape index (κ3) is 5.88. The van der Waals surface area contributed by atoms with Crippen molar-refractivity contribution in [3.8, 4) is 11.5 Å². The number of amides is 1. The lowest BCUT2D eigenvalue weighted by Gasteiger charge is -2.14. The van der Waals surface area contributed by atoms with Gasteiger partial charge in [-0.1, -0.05) is 12.1 Å². The Morgan fingerprint density at radius 3 is 2.54 bits per heavy atom. The number of carbonyl (C=O) groups is 1. The van der Waals surface area contributed by atoms with E-state index in [1.165, 1.54) is 18.2 Å². The van der Waals surface area contributed by atoms with Crippen LogP contribution in [-0.2, 0) is 4.74 Å². The summed E-state index contributed by atoms with van der Waals surface area (Å²) in [6.45, 7) is -0.229. The number of hydrogen-bond acceptors (Lipinski definition) is 4. The number of ether oxygens (including phenoxy) is 3. The zero-order valence-corrected chi connectivity index (χ0v) is 15.0. The summed E-state index contributed by atoms with van der Waals surface area (Å²) >= 11 is 0. The molecule has 0 radical (unpaired) electrons. The van der Waals surface area contributed by atoms with Crippen LogP contribution in [-0.4, -0.2) is 38.0 Å². The first-order chi connectivity index (χ1) is 13.4. The average molecular weight is 395 g/mol. The van der Waals surface area contributed by atoms with Crippen molar-refractivity contribution >= 4 is 11.6 Å². The first-order valence-corrected chi connectivity index (χ1v) is 8.85. The summed E-state index contributed by atoms with van der Waals surface area (Å²) < 4.78 is 53.0. The molecule has 0 bridgehead atoms. The predicted octanol–water partition coefficient (Wildman–Crippen LogP) is 4.44. The quantitative estimate of drug-likeness (QED) is 0.753. The number of alkyl halides is 3. The van der Waals surface area contributed by atoms with E-state index in [0.29, 0.717) is 17.9 Å². The molecule has 3 rings (SSSR count). The highest BCUT2D eigenvalue weighted by molar-refractivity contribution is 6.05. The summed E-state index contributed by atoms with van der Waals surface area (Å²) in [6.07, 6.45) is -2.37. The number of halogens is 3. The molecule has 2 aromatic rings. The van der Waals surface area contributed by atoms with Gasteiger partial charge in [-0.05, 0) is 49.2 Å².